The summed E-state index contributed by atoms with van der Waals surface area (Å²) in [6.07, 6.45) is 1.91. The number of hydrogen-bond donors (Lipinski definition) is 0. The second-order valence-electron chi connectivity index (χ2n) is 8.06. The molecule has 1 saturated heterocycles. The number of aromatic nitrogens is 4. The molecular weight excluding hydrogens is 438 g/mol. The first-order valence-electron chi connectivity index (χ1n) is 10.7. The van der Waals surface area contributed by atoms with Gasteiger partial charge in [0.25, 0.3) is 0 Å². The van der Waals surface area contributed by atoms with Crippen LogP contribution in [0, 0.1) is 0 Å². The molecule has 1 amide bonds. The van der Waals surface area contributed by atoms with Gasteiger partial charge < -0.3 is 9.47 Å². The zero-order chi connectivity index (χ0) is 21.5. The van der Waals surface area contributed by atoms with Crippen molar-refractivity contribution in [1.82, 2.24) is 24.4 Å². The number of imidazole rings is 1. The van der Waals surface area contributed by atoms with Crippen LogP contribution in [0.15, 0.2) is 59.4 Å². The maximum Gasteiger partial charge on any atom is 0.242 e. The van der Waals surface area contributed by atoms with Crippen LogP contribution < -0.4 is 0 Å². The summed E-state index contributed by atoms with van der Waals surface area (Å²) in [5, 5.41) is 3.18. The number of thiazole rings is 2. The normalized spacial score (nSPS) is 15.1. The van der Waals surface area contributed by atoms with Crippen LogP contribution in [-0.2, 0) is 11.3 Å². The molecule has 0 bridgehead atoms. The molecule has 5 aromatic rings. The van der Waals surface area contributed by atoms with Crippen molar-refractivity contribution in [3.8, 4) is 11.5 Å². The summed E-state index contributed by atoms with van der Waals surface area (Å²) in [6.45, 7) is 1.80. The number of carbonyl (C=O) groups excluding carboxylic acids is 1. The number of fused-ring (bicyclic) bond motifs is 2. The number of carbonyl (C=O) groups is 1. The Kier molecular flexibility index (Phi) is 4.96. The number of piperidine rings is 1. The average Bonchev–Trinajstić information content (AvgIpc) is 3.58. The number of likely N-dealkylation sites (tertiary alicyclic amines) is 1. The summed E-state index contributed by atoms with van der Waals surface area (Å²) in [4.78, 5) is 29.3. The minimum atomic E-state index is 0.132. The summed E-state index contributed by atoms with van der Waals surface area (Å²) < 4.78 is 3.24. The summed E-state index contributed by atoms with van der Waals surface area (Å²) in [5.41, 5.74) is 5.54. The van der Waals surface area contributed by atoms with Crippen LogP contribution in [0.25, 0.3) is 32.8 Å². The van der Waals surface area contributed by atoms with E-state index in [1.807, 2.05) is 45.2 Å². The SMILES string of the molecule is O=C(Cn1c(-c2cscn2)nc2ccccc21)N1CCC(c2nc3ccccc3s2)CC1. The Hall–Kier alpha value is -3.10. The number of benzene rings is 2. The highest BCUT2D eigenvalue weighted by Gasteiger charge is 2.27. The quantitative estimate of drug-likeness (QED) is 0.372. The molecule has 0 N–H and O–H groups in total. The third kappa shape index (κ3) is 3.49. The molecule has 4 heterocycles. The molecule has 0 unspecified atom stereocenters. The van der Waals surface area contributed by atoms with E-state index in [2.05, 4.69) is 23.2 Å². The van der Waals surface area contributed by atoms with E-state index >= 15 is 0 Å². The Morgan fingerprint density at radius 2 is 1.78 bits per heavy atom. The van der Waals surface area contributed by atoms with Gasteiger partial charge in [-0.1, -0.05) is 24.3 Å². The Labute approximate surface area is 193 Å². The lowest BCUT2D eigenvalue weighted by Crippen LogP contribution is -2.39. The molecule has 32 heavy (non-hydrogen) atoms. The first-order chi connectivity index (χ1) is 15.8. The fourth-order valence-corrected chi connectivity index (χ4v) is 6.10. The van der Waals surface area contributed by atoms with Crippen LogP contribution in [0.3, 0.4) is 0 Å². The molecule has 1 aliphatic rings. The average molecular weight is 460 g/mol. The van der Waals surface area contributed by atoms with E-state index in [4.69, 9.17) is 9.97 Å². The van der Waals surface area contributed by atoms with Crippen LogP contribution in [0.1, 0.15) is 23.8 Å². The molecule has 6 nitrogen and oxygen atoms in total. The van der Waals surface area contributed by atoms with Crippen LogP contribution >= 0.6 is 22.7 Å². The van der Waals surface area contributed by atoms with Crippen molar-refractivity contribution in [2.24, 2.45) is 0 Å². The molecule has 0 saturated carbocycles. The Morgan fingerprint density at radius 1 is 1.00 bits per heavy atom. The monoisotopic (exact) mass is 459 g/mol. The largest absolute Gasteiger partial charge is 0.341 e. The Morgan fingerprint density at radius 3 is 2.56 bits per heavy atom. The number of nitrogens with zero attached hydrogens (tertiary/aromatic N) is 5. The van der Waals surface area contributed by atoms with E-state index in [1.54, 1.807) is 16.8 Å². The number of hydrogen-bond acceptors (Lipinski definition) is 6. The first-order valence-corrected chi connectivity index (χ1v) is 12.5. The molecule has 0 atom stereocenters. The van der Waals surface area contributed by atoms with Crippen molar-refractivity contribution in [2.75, 3.05) is 13.1 Å². The Bertz CT molecular complexity index is 1360. The van der Waals surface area contributed by atoms with Gasteiger partial charge in [-0.15, -0.1) is 22.7 Å². The van der Waals surface area contributed by atoms with Gasteiger partial charge in [-0.3, -0.25) is 4.79 Å². The molecule has 3 aromatic heterocycles. The molecular formula is C24H21N5OS2. The van der Waals surface area contributed by atoms with Gasteiger partial charge in [0, 0.05) is 24.4 Å². The molecule has 160 valence electrons. The van der Waals surface area contributed by atoms with Crippen LogP contribution in [0.4, 0.5) is 0 Å². The summed E-state index contributed by atoms with van der Waals surface area (Å²) in [6, 6.07) is 16.3. The van der Waals surface area contributed by atoms with Gasteiger partial charge >= 0.3 is 0 Å². The first kappa shape index (κ1) is 19.6. The van der Waals surface area contributed by atoms with Gasteiger partial charge in [0.05, 0.1) is 31.8 Å². The smallest absolute Gasteiger partial charge is 0.242 e. The fraction of sp³-hybridized carbons (Fsp3) is 0.250. The van der Waals surface area contributed by atoms with Crippen LogP contribution in [0.5, 0.6) is 0 Å². The second kappa shape index (κ2) is 8.11. The van der Waals surface area contributed by atoms with E-state index in [0.29, 0.717) is 5.92 Å². The minimum absolute atomic E-state index is 0.132. The van der Waals surface area contributed by atoms with Crippen LogP contribution in [-0.4, -0.2) is 43.4 Å². The van der Waals surface area contributed by atoms with Crippen LogP contribution in [0.2, 0.25) is 0 Å². The van der Waals surface area contributed by atoms with E-state index in [1.165, 1.54) is 21.0 Å². The third-order valence-electron chi connectivity index (χ3n) is 6.12. The van der Waals surface area contributed by atoms with Gasteiger partial charge in [0.1, 0.15) is 12.2 Å². The number of amides is 1. The van der Waals surface area contributed by atoms with Crippen molar-refractivity contribution in [1.29, 1.82) is 0 Å². The lowest BCUT2D eigenvalue weighted by molar-refractivity contribution is -0.132. The highest BCUT2D eigenvalue weighted by molar-refractivity contribution is 7.18. The summed E-state index contributed by atoms with van der Waals surface area (Å²) >= 11 is 3.32. The standard InChI is InChI=1S/C24H21N5OS2/c30-22(13-29-20-7-3-1-5-17(20)26-23(29)19-14-31-15-25-19)28-11-9-16(10-12-28)24-27-18-6-2-4-8-21(18)32-24/h1-8,14-16H,9-13H2. The maximum atomic E-state index is 13.3. The van der Waals surface area contributed by atoms with Crippen molar-refractivity contribution in [3.05, 3.63) is 64.4 Å². The lowest BCUT2D eigenvalue weighted by atomic mass is 9.97. The van der Waals surface area contributed by atoms with E-state index in [9.17, 15) is 4.79 Å². The number of rotatable bonds is 4. The highest BCUT2D eigenvalue weighted by atomic mass is 32.1. The summed E-state index contributed by atoms with van der Waals surface area (Å²) in [5.74, 6) is 1.31. The zero-order valence-corrected chi connectivity index (χ0v) is 19.0. The van der Waals surface area contributed by atoms with Crippen molar-refractivity contribution in [2.45, 2.75) is 25.3 Å². The van der Waals surface area contributed by atoms with E-state index in [-0.39, 0.29) is 12.5 Å². The maximum absolute atomic E-state index is 13.3. The second-order valence-corrected chi connectivity index (χ2v) is 9.84. The minimum Gasteiger partial charge on any atom is -0.341 e. The molecule has 6 rings (SSSR count). The molecule has 2 aromatic carbocycles. The topological polar surface area (TPSA) is 63.9 Å². The molecule has 0 spiro atoms. The van der Waals surface area contributed by atoms with Crippen molar-refractivity contribution >= 4 is 49.8 Å². The number of para-hydroxylation sites is 3. The lowest BCUT2D eigenvalue weighted by Gasteiger charge is -2.31. The third-order valence-corrected chi connectivity index (χ3v) is 7.90. The van der Waals surface area contributed by atoms with E-state index < -0.39 is 0 Å². The molecule has 8 heteroatoms. The van der Waals surface area contributed by atoms with Gasteiger partial charge in [0.15, 0.2) is 5.82 Å². The highest BCUT2D eigenvalue weighted by Crippen LogP contribution is 2.34. The molecule has 0 radical (unpaired) electrons. The Balaban J connectivity index is 1.20. The van der Waals surface area contributed by atoms with Gasteiger partial charge in [0.2, 0.25) is 5.91 Å². The molecule has 1 fully saturated rings. The van der Waals surface area contributed by atoms with Crippen molar-refractivity contribution < 1.29 is 4.79 Å². The summed E-state index contributed by atoms with van der Waals surface area (Å²) in [7, 11) is 0. The zero-order valence-electron chi connectivity index (χ0n) is 17.3. The van der Waals surface area contributed by atoms with E-state index in [0.717, 1.165) is 54.0 Å². The van der Waals surface area contributed by atoms with Crippen molar-refractivity contribution in [3.63, 3.8) is 0 Å². The fourth-order valence-electron chi connectivity index (χ4n) is 4.43. The predicted octanol–water partition coefficient (Wildman–Crippen LogP) is 5.18. The molecule has 1 aliphatic heterocycles. The van der Waals surface area contributed by atoms with Gasteiger partial charge in [-0.25, -0.2) is 15.0 Å². The predicted molar refractivity (Wildman–Crippen MR) is 129 cm³/mol. The van der Waals surface area contributed by atoms with Gasteiger partial charge in [-0.2, -0.15) is 0 Å². The molecule has 0 aliphatic carbocycles. The van der Waals surface area contributed by atoms with Gasteiger partial charge in [-0.05, 0) is 37.1 Å².